The molecule has 0 atom stereocenters. The Labute approximate surface area is 96.2 Å². The quantitative estimate of drug-likeness (QED) is 0.801. The fourth-order valence-electron chi connectivity index (χ4n) is 0.995. The number of amides is 2. The highest BCUT2D eigenvalue weighted by Crippen LogP contribution is 2.15. The van der Waals surface area contributed by atoms with E-state index in [0.29, 0.717) is 12.2 Å². The molecule has 0 unspecified atom stereocenters. The molecule has 0 radical (unpaired) electrons. The van der Waals surface area contributed by atoms with Crippen LogP contribution < -0.4 is 10.6 Å². The zero-order chi connectivity index (χ0) is 11.3. The van der Waals surface area contributed by atoms with Crippen molar-refractivity contribution in [2.45, 2.75) is 6.92 Å². The van der Waals surface area contributed by atoms with Crippen LogP contribution in [0.3, 0.4) is 0 Å². The zero-order valence-corrected chi connectivity index (χ0v) is 9.80. The molecule has 0 aromatic heterocycles. The molecule has 2 N–H and O–H groups in total. The Balaban J connectivity index is 2.62. The lowest BCUT2D eigenvalue weighted by Crippen LogP contribution is -2.35. The van der Waals surface area contributed by atoms with Crippen LogP contribution in [0.1, 0.15) is 6.92 Å². The second-order valence-electron chi connectivity index (χ2n) is 2.82. The second-order valence-corrected chi connectivity index (χ2v) is 3.74. The standard InChI is InChI=1S/C10H11BrN2O2/c1-2-12-9(14)10(15)13-8-5-3-4-7(11)6-8/h3-6H,2H2,1H3,(H,12,14)(H,13,15). The van der Waals surface area contributed by atoms with Crippen LogP contribution in [0.15, 0.2) is 28.7 Å². The number of hydrogen-bond acceptors (Lipinski definition) is 2. The van der Waals surface area contributed by atoms with Gasteiger partial charge < -0.3 is 10.6 Å². The maximum absolute atomic E-state index is 11.3. The molecule has 0 aliphatic heterocycles. The molecule has 0 spiro atoms. The third-order valence-corrected chi connectivity index (χ3v) is 2.12. The minimum absolute atomic E-state index is 0.435. The van der Waals surface area contributed by atoms with Gasteiger partial charge in [-0.3, -0.25) is 9.59 Å². The lowest BCUT2D eigenvalue weighted by Gasteiger charge is -2.04. The van der Waals surface area contributed by atoms with Gasteiger partial charge in [0.1, 0.15) is 0 Å². The van der Waals surface area contributed by atoms with Crippen LogP contribution >= 0.6 is 15.9 Å². The van der Waals surface area contributed by atoms with Crippen molar-refractivity contribution in [3.05, 3.63) is 28.7 Å². The highest BCUT2D eigenvalue weighted by molar-refractivity contribution is 9.10. The summed E-state index contributed by atoms with van der Waals surface area (Å²) in [5.74, 6) is -1.28. The average Bonchev–Trinajstić information content (AvgIpc) is 2.18. The first kappa shape index (κ1) is 11.7. The molecule has 0 heterocycles. The SMILES string of the molecule is CCNC(=O)C(=O)Nc1cccc(Br)c1. The van der Waals surface area contributed by atoms with E-state index in [2.05, 4.69) is 26.6 Å². The minimum atomic E-state index is -0.657. The van der Waals surface area contributed by atoms with Crippen LogP contribution in [0.5, 0.6) is 0 Å². The Hall–Kier alpha value is -1.36. The molecule has 0 bridgehead atoms. The molecule has 1 aromatic rings. The largest absolute Gasteiger partial charge is 0.348 e. The van der Waals surface area contributed by atoms with Crippen molar-refractivity contribution in [2.24, 2.45) is 0 Å². The van der Waals surface area contributed by atoms with E-state index in [1.165, 1.54) is 0 Å². The number of rotatable bonds is 2. The molecule has 80 valence electrons. The summed E-state index contributed by atoms with van der Waals surface area (Å²) in [5.41, 5.74) is 0.584. The Kier molecular flexibility index (Phi) is 4.30. The van der Waals surface area contributed by atoms with Crippen LogP contribution in [0.25, 0.3) is 0 Å². The molecule has 0 fully saturated rings. The summed E-state index contributed by atoms with van der Waals surface area (Å²) in [5, 5.41) is 4.90. The summed E-state index contributed by atoms with van der Waals surface area (Å²) in [7, 11) is 0. The van der Waals surface area contributed by atoms with E-state index in [9.17, 15) is 9.59 Å². The number of benzene rings is 1. The zero-order valence-electron chi connectivity index (χ0n) is 8.21. The molecule has 0 saturated carbocycles. The first-order valence-electron chi connectivity index (χ1n) is 4.48. The molecule has 1 aromatic carbocycles. The topological polar surface area (TPSA) is 58.2 Å². The molecule has 0 aliphatic rings. The second kappa shape index (κ2) is 5.50. The number of likely N-dealkylation sites (N-methyl/N-ethyl adjacent to an activating group) is 1. The van der Waals surface area contributed by atoms with E-state index < -0.39 is 11.8 Å². The van der Waals surface area contributed by atoms with Crippen LogP contribution in [0.4, 0.5) is 5.69 Å². The van der Waals surface area contributed by atoms with Gasteiger partial charge in [-0.25, -0.2) is 0 Å². The molecule has 0 aliphatic carbocycles. The molecule has 0 saturated heterocycles. The van der Waals surface area contributed by atoms with Crippen molar-refractivity contribution in [1.29, 1.82) is 0 Å². The molecule has 5 heteroatoms. The fraction of sp³-hybridized carbons (Fsp3) is 0.200. The number of anilines is 1. The smallest absolute Gasteiger partial charge is 0.313 e. The van der Waals surface area contributed by atoms with E-state index >= 15 is 0 Å². The number of carbonyl (C=O) groups is 2. The van der Waals surface area contributed by atoms with Crippen LogP contribution in [-0.4, -0.2) is 18.4 Å². The first-order chi connectivity index (χ1) is 7.13. The van der Waals surface area contributed by atoms with Gasteiger partial charge in [-0.1, -0.05) is 22.0 Å². The predicted octanol–water partition coefficient (Wildman–Crippen LogP) is 1.52. The van der Waals surface area contributed by atoms with E-state index in [1.807, 2.05) is 6.07 Å². The number of carbonyl (C=O) groups excluding carboxylic acids is 2. The number of nitrogens with one attached hydrogen (secondary N) is 2. The summed E-state index contributed by atoms with van der Waals surface area (Å²) in [6, 6.07) is 7.04. The normalized spacial score (nSPS) is 9.47. The first-order valence-corrected chi connectivity index (χ1v) is 5.27. The molecule has 4 nitrogen and oxygen atoms in total. The summed E-state index contributed by atoms with van der Waals surface area (Å²) >= 11 is 3.27. The minimum Gasteiger partial charge on any atom is -0.348 e. The van der Waals surface area contributed by atoms with Crippen LogP contribution in [0, 0.1) is 0 Å². The van der Waals surface area contributed by atoms with Gasteiger partial charge in [0, 0.05) is 16.7 Å². The van der Waals surface area contributed by atoms with Gasteiger partial charge in [0.25, 0.3) is 0 Å². The Morgan fingerprint density at radius 3 is 2.67 bits per heavy atom. The molecule has 1 rings (SSSR count). The highest BCUT2D eigenvalue weighted by atomic mass is 79.9. The van der Waals surface area contributed by atoms with Gasteiger partial charge >= 0.3 is 11.8 Å². The third kappa shape index (κ3) is 3.71. The van der Waals surface area contributed by atoms with Gasteiger partial charge in [0.05, 0.1) is 0 Å². The maximum atomic E-state index is 11.3. The average molecular weight is 271 g/mol. The summed E-state index contributed by atoms with van der Waals surface area (Å²) in [6.07, 6.45) is 0. The van der Waals surface area contributed by atoms with Crippen molar-refractivity contribution in [2.75, 3.05) is 11.9 Å². The van der Waals surface area contributed by atoms with Crippen molar-refractivity contribution in [1.82, 2.24) is 5.32 Å². The van der Waals surface area contributed by atoms with E-state index in [-0.39, 0.29) is 0 Å². The maximum Gasteiger partial charge on any atom is 0.313 e. The van der Waals surface area contributed by atoms with Crippen molar-refractivity contribution >= 4 is 33.4 Å². The lowest BCUT2D eigenvalue weighted by molar-refractivity contribution is -0.136. The van der Waals surface area contributed by atoms with Crippen LogP contribution in [0.2, 0.25) is 0 Å². The van der Waals surface area contributed by atoms with Crippen LogP contribution in [-0.2, 0) is 9.59 Å². The fourth-order valence-corrected chi connectivity index (χ4v) is 1.39. The summed E-state index contributed by atoms with van der Waals surface area (Å²) in [6.45, 7) is 2.19. The van der Waals surface area contributed by atoms with Gasteiger partial charge in [0.15, 0.2) is 0 Å². The highest BCUT2D eigenvalue weighted by Gasteiger charge is 2.11. The van der Waals surface area contributed by atoms with Crippen molar-refractivity contribution < 1.29 is 9.59 Å². The molecular formula is C10H11BrN2O2. The third-order valence-electron chi connectivity index (χ3n) is 1.63. The van der Waals surface area contributed by atoms with Gasteiger partial charge in [-0.05, 0) is 25.1 Å². The van der Waals surface area contributed by atoms with Gasteiger partial charge in [-0.15, -0.1) is 0 Å². The van der Waals surface area contributed by atoms with E-state index in [1.54, 1.807) is 25.1 Å². The monoisotopic (exact) mass is 270 g/mol. The molecule has 15 heavy (non-hydrogen) atoms. The van der Waals surface area contributed by atoms with E-state index in [0.717, 1.165) is 4.47 Å². The predicted molar refractivity (Wildman–Crippen MR) is 61.5 cm³/mol. The molecule has 2 amide bonds. The van der Waals surface area contributed by atoms with E-state index in [4.69, 9.17) is 0 Å². The number of hydrogen-bond donors (Lipinski definition) is 2. The van der Waals surface area contributed by atoms with Crippen molar-refractivity contribution in [3.63, 3.8) is 0 Å². The van der Waals surface area contributed by atoms with Gasteiger partial charge in [0.2, 0.25) is 0 Å². The lowest BCUT2D eigenvalue weighted by atomic mass is 10.3. The Morgan fingerprint density at radius 2 is 2.07 bits per heavy atom. The van der Waals surface area contributed by atoms with Gasteiger partial charge in [-0.2, -0.15) is 0 Å². The van der Waals surface area contributed by atoms with Crippen molar-refractivity contribution in [3.8, 4) is 0 Å². The molecular weight excluding hydrogens is 260 g/mol. The Morgan fingerprint density at radius 1 is 1.33 bits per heavy atom. The number of halogens is 1. The summed E-state index contributed by atoms with van der Waals surface area (Å²) in [4.78, 5) is 22.4. The Bertz CT molecular complexity index is 379. The summed E-state index contributed by atoms with van der Waals surface area (Å²) < 4.78 is 0.844.